The van der Waals surface area contributed by atoms with Gasteiger partial charge in [-0.1, -0.05) is 18.2 Å². The molecule has 0 amide bonds. The minimum atomic E-state index is -2.96. The minimum Gasteiger partial charge on any atom is -0.478 e. The van der Waals surface area contributed by atoms with Crippen LogP contribution in [0.4, 0.5) is 8.78 Å². The molecule has 0 N–H and O–H groups in total. The van der Waals surface area contributed by atoms with Gasteiger partial charge in [-0.25, -0.2) is 0 Å². The number of fused-ring (bicyclic) bond motifs is 3. The molecule has 4 rings (SSSR count). The van der Waals surface area contributed by atoms with Gasteiger partial charge in [-0.2, -0.15) is 8.78 Å². The number of benzene rings is 2. The number of rotatable bonds is 6. The zero-order valence-corrected chi connectivity index (χ0v) is 15.7. The van der Waals surface area contributed by atoms with Gasteiger partial charge in [-0.15, -0.1) is 0 Å². The average Bonchev–Trinajstić information content (AvgIpc) is 3.03. The van der Waals surface area contributed by atoms with E-state index >= 15 is 0 Å². The number of hydrogen-bond acceptors (Lipinski definition) is 6. The van der Waals surface area contributed by atoms with Crippen LogP contribution >= 0.6 is 0 Å². The largest absolute Gasteiger partial charge is 0.478 e. The molecule has 2 aromatic rings. The van der Waals surface area contributed by atoms with Gasteiger partial charge in [0.15, 0.2) is 5.76 Å². The fraction of sp³-hybridized carbons (Fsp3) is 0.286. The van der Waals surface area contributed by atoms with Crippen molar-refractivity contribution < 1.29 is 32.5 Å². The van der Waals surface area contributed by atoms with E-state index in [0.29, 0.717) is 49.1 Å². The maximum Gasteiger partial charge on any atom is 0.387 e. The molecule has 0 spiro atoms. The first kappa shape index (κ1) is 19.4. The van der Waals surface area contributed by atoms with Crippen molar-refractivity contribution in [1.82, 2.24) is 4.90 Å². The summed E-state index contributed by atoms with van der Waals surface area (Å²) in [5, 5.41) is 0. The van der Waals surface area contributed by atoms with Crippen molar-refractivity contribution in [3.63, 3.8) is 0 Å². The molecular weight excluding hydrogens is 384 g/mol. The lowest BCUT2D eigenvalue weighted by Crippen LogP contribution is -2.34. The SMILES string of the molecule is COCCN1COc2ccc3c(c2C1)OC(=Cc1ccccc1OC(F)F)C3=O. The third-order valence-corrected chi connectivity index (χ3v) is 4.72. The van der Waals surface area contributed by atoms with E-state index in [-0.39, 0.29) is 17.3 Å². The van der Waals surface area contributed by atoms with Crippen molar-refractivity contribution in [2.45, 2.75) is 13.2 Å². The molecule has 0 saturated carbocycles. The number of ketones is 1. The zero-order valence-electron chi connectivity index (χ0n) is 15.7. The molecular formula is C21H19F2NO5. The van der Waals surface area contributed by atoms with Crippen molar-refractivity contribution in [3.8, 4) is 17.2 Å². The van der Waals surface area contributed by atoms with Gasteiger partial charge in [0, 0.05) is 25.8 Å². The monoisotopic (exact) mass is 403 g/mol. The second kappa shape index (κ2) is 8.18. The van der Waals surface area contributed by atoms with Crippen LogP contribution in [-0.2, 0) is 11.3 Å². The molecule has 0 bridgehead atoms. The van der Waals surface area contributed by atoms with Crippen LogP contribution in [0.5, 0.6) is 17.2 Å². The number of methoxy groups -OCH3 is 1. The molecule has 0 fully saturated rings. The summed E-state index contributed by atoms with van der Waals surface area (Å²) in [4.78, 5) is 14.9. The van der Waals surface area contributed by atoms with Gasteiger partial charge in [-0.05, 0) is 24.3 Å². The molecule has 0 saturated heterocycles. The minimum absolute atomic E-state index is 0.0292. The van der Waals surface area contributed by atoms with E-state index in [2.05, 4.69) is 4.74 Å². The lowest BCUT2D eigenvalue weighted by atomic mass is 10.0. The number of ether oxygens (including phenoxy) is 4. The summed E-state index contributed by atoms with van der Waals surface area (Å²) in [7, 11) is 1.63. The summed E-state index contributed by atoms with van der Waals surface area (Å²) in [5.41, 5.74) is 1.52. The number of hydrogen-bond donors (Lipinski definition) is 0. The molecule has 152 valence electrons. The number of Topliss-reactive ketones (excluding diaryl/α,β-unsaturated/α-hetero) is 1. The lowest BCUT2D eigenvalue weighted by Gasteiger charge is -2.29. The first-order valence-corrected chi connectivity index (χ1v) is 9.05. The zero-order chi connectivity index (χ0) is 20.4. The number of halogens is 2. The van der Waals surface area contributed by atoms with Crippen LogP contribution in [0.2, 0.25) is 0 Å². The first-order valence-electron chi connectivity index (χ1n) is 9.05. The molecule has 0 radical (unpaired) electrons. The van der Waals surface area contributed by atoms with Gasteiger partial charge in [0.1, 0.15) is 24.0 Å². The van der Waals surface area contributed by atoms with E-state index in [1.54, 1.807) is 37.4 Å². The van der Waals surface area contributed by atoms with E-state index < -0.39 is 6.61 Å². The summed E-state index contributed by atoms with van der Waals surface area (Å²) in [6.07, 6.45) is 1.42. The third kappa shape index (κ3) is 3.94. The maximum atomic E-state index is 12.8. The molecule has 6 nitrogen and oxygen atoms in total. The van der Waals surface area contributed by atoms with E-state index in [1.807, 2.05) is 4.90 Å². The van der Waals surface area contributed by atoms with Crippen LogP contribution in [0.3, 0.4) is 0 Å². The normalized spacial score (nSPS) is 17.1. The molecule has 0 unspecified atom stereocenters. The third-order valence-electron chi connectivity index (χ3n) is 4.72. The molecule has 2 heterocycles. The molecule has 0 aromatic heterocycles. The van der Waals surface area contributed by atoms with Crippen LogP contribution in [0.1, 0.15) is 21.5 Å². The first-order chi connectivity index (χ1) is 14.1. The predicted molar refractivity (Wildman–Crippen MR) is 100 cm³/mol. The Labute approximate surface area is 166 Å². The highest BCUT2D eigenvalue weighted by Crippen LogP contribution is 2.42. The quantitative estimate of drug-likeness (QED) is 0.686. The Kier molecular flexibility index (Phi) is 5.46. The van der Waals surface area contributed by atoms with Gasteiger partial charge >= 0.3 is 6.61 Å². The number of allylic oxidation sites excluding steroid dienone is 1. The highest BCUT2D eigenvalue weighted by Gasteiger charge is 2.33. The van der Waals surface area contributed by atoms with Crippen molar-refractivity contribution in [2.75, 3.05) is 27.0 Å². The number of carbonyl (C=O) groups is 1. The number of nitrogens with zero attached hydrogens (tertiary/aromatic N) is 1. The Morgan fingerprint density at radius 3 is 2.86 bits per heavy atom. The number of para-hydroxylation sites is 1. The highest BCUT2D eigenvalue weighted by atomic mass is 19.3. The van der Waals surface area contributed by atoms with Gasteiger partial charge in [-0.3, -0.25) is 9.69 Å². The van der Waals surface area contributed by atoms with Crippen LogP contribution in [0.25, 0.3) is 6.08 Å². The Morgan fingerprint density at radius 2 is 2.07 bits per heavy atom. The molecule has 0 aliphatic carbocycles. The van der Waals surface area contributed by atoms with E-state index in [0.717, 1.165) is 5.56 Å². The van der Waals surface area contributed by atoms with Crippen molar-refractivity contribution in [2.24, 2.45) is 0 Å². The topological polar surface area (TPSA) is 57.2 Å². The van der Waals surface area contributed by atoms with Crippen LogP contribution in [-0.4, -0.2) is 44.3 Å². The molecule has 2 aromatic carbocycles. The second-order valence-electron chi connectivity index (χ2n) is 6.59. The van der Waals surface area contributed by atoms with Gasteiger partial charge in [0.05, 0.1) is 17.7 Å². The lowest BCUT2D eigenvalue weighted by molar-refractivity contribution is -0.0499. The molecule has 0 atom stereocenters. The molecule has 29 heavy (non-hydrogen) atoms. The molecule has 2 aliphatic heterocycles. The Hall–Kier alpha value is -2.97. The van der Waals surface area contributed by atoms with Crippen LogP contribution in [0, 0.1) is 0 Å². The summed E-state index contributed by atoms with van der Waals surface area (Å²) in [5.74, 6) is 0.802. The summed E-state index contributed by atoms with van der Waals surface area (Å²) in [6, 6.07) is 9.64. The number of carbonyl (C=O) groups excluding carboxylic acids is 1. The smallest absolute Gasteiger partial charge is 0.387 e. The van der Waals surface area contributed by atoms with Crippen LogP contribution < -0.4 is 14.2 Å². The standard InChI is InChI=1S/C21H19F2NO5/c1-26-9-8-24-11-15-17(27-12-24)7-6-14-19(25)18(28-20(14)15)10-13-4-2-3-5-16(13)29-21(22)23/h2-7,10,21H,8-9,11-12H2,1H3. The number of alkyl halides is 2. The highest BCUT2D eigenvalue weighted by molar-refractivity contribution is 6.15. The Balaban J connectivity index is 1.64. The Bertz CT molecular complexity index is 960. The van der Waals surface area contributed by atoms with Gasteiger partial charge in [0.25, 0.3) is 0 Å². The molecule has 2 aliphatic rings. The summed E-state index contributed by atoms with van der Waals surface area (Å²) in [6.45, 7) is -0.763. The van der Waals surface area contributed by atoms with Gasteiger partial charge < -0.3 is 18.9 Å². The van der Waals surface area contributed by atoms with Crippen molar-refractivity contribution >= 4 is 11.9 Å². The van der Waals surface area contributed by atoms with Crippen molar-refractivity contribution in [1.29, 1.82) is 0 Å². The van der Waals surface area contributed by atoms with Crippen LogP contribution in [0.15, 0.2) is 42.2 Å². The fourth-order valence-electron chi connectivity index (χ4n) is 3.31. The van der Waals surface area contributed by atoms with E-state index in [9.17, 15) is 13.6 Å². The predicted octanol–water partition coefficient (Wildman–Crippen LogP) is 3.70. The second-order valence-corrected chi connectivity index (χ2v) is 6.59. The van der Waals surface area contributed by atoms with E-state index in [1.165, 1.54) is 12.1 Å². The maximum absolute atomic E-state index is 12.8. The molecule has 8 heteroatoms. The average molecular weight is 403 g/mol. The Morgan fingerprint density at radius 1 is 1.24 bits per heavy atom. The van der Waals surface area contributed by atoms with E-state index in [4.69, 9.17) is 14.2 Å². The van der Waals surface area contributed by atoms with Gasteiger partial charge in [0.2, 0.25) is 5.78 Å². The van der Waals surface area contributed by atoms with Crippen molar-refractivity contribution in [3.05, 3.63) is 58.8 Å². The summed E-state index contributed by atoms with van der Waals surface area (Å²) >= 11 is 0. The fourth-order valence-corrected chi connectivity index (χ4v) is 3.31. The summed E-state index contributed by atoms with van der Waals surface area (Å²) < 4.78 is 46.6.